The first-order chi connectivity index (χ1) is 14.5. The molecule has 4 rings (SSSR count). The number of benzene rings is 1. The molecule has 4 N–H and O–H groups in total. The van der Waals surface area contributed by atoms with Gasteiger partial charge < -0.3 is 16.5 Å². The highest BCUT2D eigenvalue weighted by Crippen LogP contribution is 2.39. The zero-order chi connectivity index (χ0) is 21.1. The number of carbonyl (C=O) groups is 1. The van der Waals surface area contributed by atoms with E-state index in [1.165, 1.54) is 12.1 Å². The van der Waals surface area contributed by atoms with Crippen molar-refractivity contribution < 1.29 is 9.18 Å². The molecule has 2 aliphatic rings. The summed E-state index contributed by atoms with van der Waals surface area (Å²) in [4.78, 5) is 16.3. The highest BCUT2D eigenvalue weighted by atomic mass is 19.1. The summed E-state index contributed by atoms with van der Waals surface area (Å²) in [6.07, 6.45) is 14.7. The Kier molecular flexibility index (Phi) is 5.74. The van der Waals surface area contributed by atoms with Gasteiger partial charge in [0.2, 0.25) is 5.91 Å². The van der Waals surface area contributed by atoms with E-state index in [9.17, 15) is 9.18 Å². The minimum absolute atomic E-state index is 0.0482. The number of fused-ring (bicyclic) bond motifs is 1. The van der Waals surface area contributed by atoms with Gasteiger partial charge >= 0.3 is 0 Å². The molecule has 0 radical (unpaired) electrons. The van der Waals surface area contributed by atoms with Crippen LogP contribution in [0, 0.1) is 29.0 Å². The second-order valence-corrected chi connectivity index (χ2v) is 8.03. The monoisotopic (exact) mass is 404 g/mol. The molecule has 1 fully saturated rings. The number of aromatic nitrogens is 1. The van der Waals surface area contributed by atoms with Crippen molar-refractivity contribution >= 4 is 23.0 Å². The average Bonchev–Trinajstić information content (AvgIpc) is 2.75. The minimum Gasteiger partial charge on any atom is -0.398 e. The van der Waals surface area contributed by atoms with Crippen LogP contribution in [0.4, 0.5) is 15.8 Å². The SMILES string of the molecule is N=C(c1cc(NC(=O)Cc2cccnc2)c(F)cc1N)C1CC[C@@H]2C=CC=CC2C1. The predicted octanol–water partition coefficient (Wildman–Crippen LogP) is 4.51. The molecule has 0 aliphatic heterocycles. The third kappa shape index (κ3) is 4.32. The van der Waals surface area contributed by atoms with Crippen molar-refractivity contribution in [2.75, 3.05) is 11.1 Å². The lowest BCUT2D eigenvalue weighted by atomic mass is 9.70. The van der Waals surface area contributed by atoms with E-state index in [1.807, 2.05) is 0 Å². The molecule has 5 nitrogen and oxygen atoms in total. The number of nitrogen functional groups attached to an aromatic ring is 1. The molecule has 0 spiro atoms. The molecule has 1 aromatic heterocycles. The zero-order valence-corrected chi connectivity index (χ0v) is 16.6. The number of nitrogens with zero attached hydrogens (tertiary/aromatic N) is 1. The summed E-state index contributed by atoms with van der Waals surface area (Å²) in [6, 6.07) is 6.23. The Balaban J connectivity index is 1.50. The molecule has 0 bridgehead atoms. The van der Waals surface area contributed by atoms with Crippen molar-refractivity contribution in [3.63, 3.8) is 0 Å². The average molecular weight is 404 g/mol. The first-order valence-electron chi connectivity index (χ1n) is 10.2. The van der Waals surface area contributed by atoms with E-state index in [-0.39, 0.29) is 29.6 Å². The Bertz CT molecular complexity index is 1020. The van der Waals surface area contributed by atoms with Crippen LogP contribution in [0.5, 0.6) is 0 Å². The van der Waals surface area contributed by atoms with E-state index < -0.39 is 5.82 Å². The van der Waals surface area contributed by atoms with Crippen LogP contribution >= 0.6 is 0 Å². The summed E-state index contributed by atoms with van der Waals surface area (Å²) < 4.78 is 14.5. The third-order valence-electron chi connectivity index (χ3n) is 5.98. The van der Waals surface area contributed by atoms with Gasteiger partial charge in [-0.25, -0.2) is 4.39 Å². The Morgan fingerprint density at radius 3 is 2.80 bits per heavy atom. The lowest BCUT2D eigenvalue weighted by molar-refractivity contribution is -0.115. The lowest BCUT2D eigenvalue weighted by Crippen LogP contribution is -2.29. The Morgan fingerprint density at radius 2 is 2.03 bits per heavy atom. The van der Waals surface area contributed by atoms with Crippen LogP contribution in [0.15, 0.2) is 61.0 Å². The van der Waals surface area contributed by atoms with Crippen molar-refractivity contribution in [2.45, 2.75) is 25.7 Å². The highest BCUT2D eigenvalue weighted by Gasteiger charge is 2.31. The molecule has 1 saturated carbocycles. The number of amides is 1. The van der Waals surface area contributed by atoms with Gasteiger partial charge in [0.15, 0.2) is 0 Å². The fourth-order valence-corrected chi connectivity index (χ4v) is 4.39. The van der Waals surface area contributed by atoms with Crippen molar-refractivity contribution in [1.29, 1.82) is 5.41 Å². The molecular formula is C24H25FN4O. The molecule has 6 heteroatoms. The zero-order valence-electron chi connectivity index (χ0n) is 16.6. The Hall–Kier alpha value is -3.28. The molecule has 0 saturated heterocycles. The van der Waals surface area contributed by atoms with E-state index >= 15 is 0 Å². The van der Waals surface area contributed by atoms with E-state index in [4.69, 9.17) is 11.1 Å². The van der Waals surface area contributed by atoms with Gasteiger partial charge in [-0.3, -0.25) is 9.78 Å². The summed E-state index contributed by atoms with van der Waals surface area (Å²) in [5.41, 5.74) is 7.98. The molecule has 2 unspecified atom stereocenters. The first kappa shape index (κ1) is 20.0. The van der Waals surface area contributed by atoms with Crippen LogP contribution in [0.3, 0.4) is 0 Å². The number of anilines is 2. The second-order valence-electron chi connectivity index (χ2n) is 8.03. The standard InChI is InChI=1S/C24H25FN4O/c25-20-13-21(26)19(12-22(20)29-23(30)10-15-4-3-9-28-14-15)24(27)18-8-7-16-5-1-2-6-17(16)11-18/h1-6,9,12-14,16-18,27H,7-8,10-11,26H2,(H,29,30)/t16-,17?,18?/m0/s1. The predicted molar refractivity (Wildman–Crippen MR) is 117 cm³/mol. The van der Waals surface area contributed by atoms with Crippen LogP contribution in [0.2, 0.25) is 0 Å². The number of hydrogen-bond acceptors (Lipinski definition) is 4. The number of pyridine rings is 1. The normalized spacial score (nSPS) is 22.4. The van der Waals surface area contributed by atoms with Gasteiger partial charge in [0, 0.05) is 35.3 Å². The van der Waals surface area contributed by atoms with Gasteiger partial charge in [0.25, 0.3) is 0 Å². The minimum atomic E-state index is -0.604. The van der Waals surface area contributed by atoms with Crippen LogP contribution in [0.25, 0.3) is 0 Å². The molecule has 2 aliphatic carbocycles. The van der Waals surface area contributed by atoms with Crippen LogP contribution < -0.4 is 11.1 Å². The molecular weight excluding hydrogens is 379 g/mol. The van der Waals surface area contributed by atoms with Crippen LogP contribution in [-0.4, -0.2) is 16.6 Å². The second kappa shape index (κ2) is 8.61. The van der Waals surface area contributed by atoms with Crippen LogP contribution in [-0.2, 0) is 11.2 Å². The largest absolute Gasteiger partial charge is 0.398 e. The van der Waals surface area contributed by atoms with E-state index in [1.54, 1.807) is 24.5 Å². The fourth-order valence-electron chi connectivity index (χ4n) is 4.39. The maximum atomic E-state index is 14.5. The molecule has 1 amide bonds. The van der Waals surface area contributed by atoms with Gasteiger partial charge in [0.1, 0.15) is 5.82 Å². The van der Waals surface area contributed by atoms with Crippen molar-refractivity contribution in [1.82, 2.24) is 4.98 Å². The number of rotatable bonds is 5. The Morgan fingerprint density at radius 1 is 1.23 bits per heavy atom. The maximum Gasteiger partial charge on any atom is 0.228 e. The summed E-state index contributed by atoms with van der Waals surface area (Å²) in [5, 5.41) is 11.3. The molecule has 1 aromatic carbocycles. The number of halogens is 1. The number of nitrogens with one attached hydrogen (secondary N) is 2. The van der Waals surface area contributed by atoms with Crippen LogP contribution in [0.1, 0.15) is 30.4 Å². The number of hydrogen-bond donors (Lipinski definition) is 3. The number of allylic oxidation sites excluding steroid dienone is 4. The topological polar surface area (TPSA) is 91.9 Å². The molecule has 154 valence electrons. The summed E-state index contributed by atoms with van der Waals surface area (Å²) in [7, 11) is 0. The smallest absolute Gasteiger partial charge is 0.228 e. The molecule has 3 atom stereocenters. The Labute approximate surface area is 175 Å². The number of carbonyl (C=O) groups excluding carboxylic acids is 1. The van der Waals surface area contributed by atoms with Crippen molar-refractivity contribution in [2.24, 2.45) is 17.8 Å². The van der Waals surface area contributed by atoms with Crippen molar-refractivity contribution in [3.8, 4) is 0 Å². The quantitative estimate of drug-likeness (QED) is 0.506. The molecule has 30 heavy (non-hydrogen) atoms. The van der Waals surface area contributed by atoms with Gasteiger partial charge in [-0.05, 0) is 54.9 Å². The summed E-state index contributed by atoms with van der Waals surface area (Å²) in [5.74, 6) is 0.0758. The number of nitrogens with two attached hydrogens (primary N) is 1. The van der Waals surface area contributed by atoms with Gasteiger partial charge in [-0.15, -0.1) is 0 Å². The van der Waals surface area contributed by atoms with Crippen molar-refractivity contribution in [3.05, 3.63) is 77.9 Å². The molecule has 2 aromatic rings. The van der Waals surface area contributed by atoms with Gasteiger partial charge in [-0.1, -0.05) is 30.4 Å². The summed E-state index contributed by atoms with van der Waals surface area (Å²) in [6.45, 7) is 0. The summed E-state index contributed by atoms with van der Waals surface area (Å²) >= 11 is 0. The van der Waals surface area contributed by atoms with Gasteiger partial charge in [0.05, 0.1) is 12.1 Å². The van der Waals surface area contributed by atoms with E-state index in [2.05, 4.69) is 34.6 Å². The molecule has 1 heterocycles. The third-order valence-corrected chi connectivity index (χ3v) is 5.98. The highest BCUT2D eigenvalue weighted by molar-refractivity contribution is 6.05. The lowest BCUT2D eigenvalue weighted by Gasteiger charge is -2.35. The van der Waals surface area contributed by atoms with Gasteiger partial charge in [-0.2, -0.15) is 0 Å². The van der Waals surface area contributed by atoms with E-state index in [0.29, 0.717) is 23.1 Å². The fraction of sp³-hybridized carbons (Fsp3) is 0.292. The first-order valence-corrected chi connectivity index (χ1v) is 10.2. The maximum absolute atomic E-state index is 14.5. The van der Waals surface area contributed by atoms with E-state index in [0.717, 1.165) is 24.8 Å².